The standard InChI is InChI=1S/C23H27FN6O3/c1-30(22(32)15-11-18-20(25-13-15)26-23(33)27-21(18)31)10-4-2-3-5-17-12-19(29-28-17)14-6-8-16(24)9-7-14/h6-9,11,13,17,19,28-29H,2-5,10,12H2,1H3,(H2,25,26,27,31,33). The van der Waals surface area contributed by atoms with Crippen LogP contribution in [0.1, 0.15) is 54.1 Å². The predicted octanol–water partition coefficient (Wildman–Crippen LogP) is 1.99. The molecule has 3 heterocycles. The zero-order valence-electron chi connectivity index (χ0n) is 18.4. The van der Waals surface area contributed by atoms with E-state index < -0.39 is 11.2 Å². The van der Waals surface area contributed by atoms with Crippen LogP contribution in [0.3, 0.4) is 0 Å². The fourth-order valence-electron chi connectivity index (χ4n) is 4.13. The molecule has 33 heavy (non-hydrogen) atoms. The van der Waals surface area contributed by atoms with Gasteiger partial charge in [-0.15, -0.1) is 0 Å². The average Bonchev–Trinajstić information content (AvgIpc) is 3.27. The highest BCUT2D eigenvalue weighted by Crippen LogP contribution is 2.24. The van der Waals surface area contributed by atoms with Crippen molar-refractivity contribution in [2.24, 2.45) is 0 Å². The molecule has 1 amide bonds. The van der Waals surface area contributed by atoms with E-state index in [1.54, 1.807) is 11.9 Å². The Kier molecular flexibility index (Phi) is 6.95. The number of unbranched alkanes of at least 4 members (excludes halogenated alkanes) is 2. The first-order valence-electron chi connectivity index (χ1n) is 11.0. The molecule has 3 aromatic rings. The van der Waals surface area contributed by atoms with E-state index in [0.29, 0.717) is 18.2 Å². The number of halogens is 1. The molecule has 1 aliphatic rings. The molecule has 1 aromatic carbocycles. The maximum absolute atomic E-state index is 13.1. The number of carbonyl (C=O) groups is 1. The van der Waals surface area contributed by atoms with Gasteiger partial charge in [-0.25, -0.2) is 14.2 Å². The van der Waals surface area contributed by atoms with Crippen LogP contribution in [0.4, 0.5) is 4.39 Å². The summed E-state index contributed by atoms with van der Waals surface area (Å²) in [5, 5.41) is 0.172. The van der Waals surface area contributed by atoms with Crippen LogP contribution in [0, 0.1) is 5.82 Å². The van der Waals surface area contributed by atoms with Gasteiger partial charge in [0.1, 0.15) is 11.5 Å². The lowest BCUT2D eigenvalue weighted by molar-refractivity contribution is 0.0792. The van der Waals surface area contributed by atoms with Crippen molar-refractivity contribution in [2.45, 2.75) is 44.2 Å². The average molecular weight is 455 g/mol. The molecule has 0 radical (unpaired) electrons. The van der Waals surface area contributed by atoms with Crippen molar-refractivity contribution in [2.75, 3.05) is 13.6 Å². The number of amides is 1. The zero-order chi connectivity index (χ0) is 23.4. The zero-order valence-corrected chi connectivity index (χ0v) is 18.4. The molecule has 9 nitrogen and oxygen atoms in total. The molecule has 1 fully saturated rings. The minimum absolute atomic E-state index is 0.152. The number of H-pyrrole nitrogens is 2. The number of pyridine rings is 1. The fraction of sp³-hybridized carbons (Fsp3) is 0.391. The van der Waals surface area contributed by atoms with Crippen LogP contribution in [0.25, 0.3) is 11.0 Å². The predicted molar refractivity (Wildman–Crippen MR) is 122 cm³/mol. The number of aromatic amines is 2. The molecule has 174 valence electrons. The van der Waals surface area contributed by atoms with E-state index in [4.69, 9.17) is 0 Å². The fourth-order valence-corrected chi connectivity index (χ4v) is 4.13. The number of fused-ring (bicyclic) bond motifs is 1. The lowest BCUT2D eigenvalue weighted by atomic mass is 9.99. The number of benzene rings is 1. The SMILES string of the molecule is CN(CCCCCC1CC(c2ccc(F)cc2)NN1)C(=O)c1cnc2[nH]c(=O)[nH]c(=O)c2c1. The summed E-state index contributed by atoms with van der Waals surface area (Å²) in [5.41, 5.74) is 6.91. The highest BCUT2D eigenvalue weighted by atomic mass is 19.1. The number of rotatable bonds is 8. The van der Waals surface area contributed by atoms with Gasteiger partial charge in [-0.2, -0.15) is 0 Å². The highest BCUT2D eigenvalue weighted by molar-refractivity contribution is 5.96. The number of hydrazine groups is 1. The van der Waals surface area contributed by atoms with Crippen molar-refractivity contribution in [3.63, 3.8) is 0 Å². The van der Waals surface area contributed by atoms with Crippen LogP contribution in [0.2, 0.25) is 0 Å². The second-order valence-corrected chi connectivity index (χ2v) is 8.43. The van der Waals surface area contributed by atoms with Gasteiger partial charge in [0.25, 0.3) is 11.5 Å². The molecule has 0 bridgehead atoms. The number of aromatic nitrogens is 3. The van der Waals surface area contributed by atoms with E-state index in [-0.39, 0.29) is 28.8 Å². The topological polar surface area (TPSA) is 123 Å². The monoisotopic (exact) mass is 454 g/mol. The van der Waals surface area contributed by atoms with Gasteiger partial charge in [0.2, 0.25) is 0 Å². The lowest BCUT2D eigenvalue weighted by Gasteiger charge is -2.17. The summed E-state index contributed by atoms with van der Waals surface area (Å²) in [6.07, 6.45) is 6.19. The van der Waals surface area contributed by atoms with Gasteiger partial charge in [-0.1, -0.05) is 25.0 Å². The lowest BCUT2D eigenvalue weighted by Crippen LogP contribution is -2.31. The smallest absolute Gasteiger partial charge is 0.327 e. The highest BCUT2D eigenvalue weighted by Gasteiger charge is 2.24. The molecule has 1 saturated heterocycles. The van der Waals surface area contributed by atoms with Crippen LogP contribution in [-0.2, 0) is 0 Å². The summed E-state index contributed by atoms with van der Waals surface area (Å²) < 4.78 is 13.1. The van der Waals surface area contributed by atoms with Crippen LogP contribution in [-0.4, -0.2) is 45.4 Å². The summed E-state index contributed by atoms with van der Waals surface area (Å²) in [7, 11) is 1.72. The Labute approximate surface area is 189 Å². The van der Waals surface area contributed by atoms with Crippen LogP contribution >= 0.6 is 0 Å². The van der Waals surface area contributed by atoms with Crippen molar-refractivity contribution in [1.82, 2.24) is 30.7 Å². The van der Waals surface area contributed by atoms with Crippen molar-refractivity contribution >= 4 is 16.9 Å². The number of nitrogens with one attached hydrogen (secondary N) is 4. The van der Waals surface area contributed by atoms with Gasteiger partial charge in [0, 0.05) is 31.9 Å². The van der Waals surface area contributed by atoms with Gasteiger partial charge >= 0.3 is 5.69 Å². The van der Waals surface area contributed by atoms with Crippen LogP contribution < -0.4 is 22.1 Å². The third-order valence-corrected chi connectivity index (χ3v) is 5.99. The minimum atomic E-state index is -0.634. The Hall–Kier alpha value is -3.37. The maximum atomic E-state index is 13.1. The van der Waals surface area contributed by atoms with Gasteiger partial charge in [-0.05, 0) is 43.0 Å². The Morgan fingerprint density at radius 1 is 1.12 bits per heavy atom. The van der Waals surface area contributed by atoms with Gasteiger partial charge in [0.05, 0.1) is 10.9 Å². The summed E-state index contributed by atoms with van der Waals surface area (Å²) >= 11 is 0. The molecule has 0 saturated carbocycles. The van der Waals surface area contributed by atoms with E-state index in [0.717, 1.165) is 37.7 Å². The van der Waals surface area contributed by atoms with Gasteiger partial charge in [0.15, 0.2) is 0 Å². The van der Waals surface area contributed by atoms with Crippen molar-refractivity contribution in [3.8, 4) is 0 Å². The summed E-state index contributed by atoms with van der Waals surface area (Å²) in [4.78, 5) is 46.2. The molecule has 2 aromatic heterocycles. The first-order valence-corrected chi connectivity index (χ1v) is 11.0. The third-order valence-electron chi connectivity index (χ3n) is 5.99. The molecule has 0 spiro atoms. The van der Waals surface area contributed by atoms with Crippen LogP contribution in [0.5, 0.6) is 0 Å². The summed E-state index contributed by atoms with van der Waals surface area (Å²) in [6.45, 7) is 0.591. The molecule has 0 aliphatic carbocycles. The molecule has 4 N–H and O–H groups in total. The number of carbonyl (C=O) groups excluding carboxylic acids is 1. The van der Waals surface area contributed by atoms with E-state index >= 15 is 0 Å². The first kappa shape index (κ1) is 22.8. The molecular formula is C23H27FN6O3. The Bertz CT molecular complexity index is 1240. The van der Waals surface area contributed by atoms with Crippen molar-refractivity contribution in [3.05, 3.63) is 74.3 Å². The number of hydrogen-bond acceptors (Lipinski definition) is 6. The first-order chi connectivity index (χ1) is 15.9. The van der Waals surface area contributed by atoms with Gasteiger partial charge < -0.3 is 4.90 Å². The van der Waals surface area contributed by atoms with E-state index in [1.807, 2.05) is 12.1 Å². The normalized spacial score (nSPS) is 18.0. The van der Waals surface area contributed by atoms with Crippen LogP contribution in [0.15, 0.2) is 46.1 Å². The molecule has 1 aliphatic heterocycles. The summed E-state index contributed by atoms with van der Waals surface area (Å²) in [6, 6.07) is 8.57. The Morgan fingerprint density at radius 2 is 1.91 bits per heavy atom. The van der Waals surface area contributed by atoms with Crippen molar-refractivity contribution < 1.29 is 9.18 Å². The number of nitrogens with zero attached hydrogens (tertiary/aromatic N) is 2. The van der Waals surface area contributed by atoms with Gasteiger partial charge in [-0.3, -0.25) is 30.4 Å². The third kappa shape index (κ3) is 5.52. The molecule has 2 atom stereocenters. The largest absolute Gasteiger partial charge is 0.342 e. The Morgan fingerprint density at radius 3 is 2.70 bits per heavy atom. The number of hydrogen-bond donors (Lipinski definition) is 4. The second kappa shape index (κ2) is 10.1. The maximum Gasteiger partial charge on any atom is 0.327 e. The minimum Gasteiger partial charge on any atom is -0.342 e. The molecule has 2 unspecified atom stereocenters. The summed E-state index contributed by atoms with van der Waals surface area (Å²) in [5.74, 6) is -0.453. The van der Waals surface area contributed by atoms with E-state index in [1.165, 1.54) is 24.4 Å². The van der Waals surface area contributed by atoms with Crippen molar-refractivity contribution in [1.29, 1.82) is 0 Å². The molecule has 10 heteroatoms. The van der Waals surface area contributed by atoms with E-state index in [9.17, 15) is 18.8 Å². The second-order valence-electron chi connectivity index (χ2n) is 8.43. The molecule has 4 rings (SSSR count). The van der Waals surface area contributed by atoms with E-state index in [2.05, 4.69) is 25.8 Å². The quantitative estimate of drug-likeness (QED) is 0.386. The Balaban J connectivity index is 1.20. The molecular weight excluding hydrogens is 427 g/mol.